The van der Waals surface area contributed by atoms with Gasteiger partial charge in [-0.05, 0) is 128 Å². The van der Waals surface area contributed by atoms with E-state index in [9.17, 15) is 4.79 Å². The Morgan fingerprint density at radius 2 is 1.64 bits per heavy atom. The first kappa shape index (κ1) is 31.9. The highest BCUT2D eigenvalue weighted by molar-refractivity contribution is 5.64. The SMILES string of the molecule is CC(C)CCC[C@@H](C)[C@H]1CC[C@H]2[C@@H]3CC=C4C[C@@H](OC(=O)Oc5ccc(N=Nc6ccncc6)cc5)CC[C@]4(C)[C@H]3CC[C@]12C. The van der Waals surface area contributed by atoms with Gasteiger partial charge in [0.2, 0.25) is 0 Å². The van der Waals surface area contributed by atoms with Crippen LogP contribution in [0.3, 0.4) is 0 Å². The van der Waals surface area contributed by atoms with Gasteiger partial charge in [0.1, 0.15) is 11.9 Å². The van der Waals surface area contributed by atoms with Crippen LogP contribution in [0.15, 0.2) is 70.7 Å². The lowest BCUT2D eigenvalue weighted by Crippen LogP contribution is -2.51. The second kappa shape index (κ2) is 13.4. The first-order chi connectivity index (χ1) is 21.7. The van der Waals surface area contributed by atoms with Crippen molar-refractivity contribution in [3.63, 3.8) is 0 Å². The van der Waals surface area contributed by atoms with Crippen LogP contribution >= 0.6 is 0 Å². The summed E-state index contributed by atoms with van der Waals surface area (Å²) in [4.78, 5) is 16.8. The summed E-state index contributed by atoms with van der Waals surface area (Å²) < 4.78 is 11.4. The molecule has 0 unspecified atom stereocenters. The van der Waals surface area contributed by atoms with Crippen molar-refractivity contribution in [2.24, 2.45) is 56.6 Å². The first-order valence-corrected chi connectivity index (χ1v) is 17.7. The topological polar surface area (TPSA) is 73.1 Å². The second-order valence-electron chi connectivity index (χ2n) is 15.5. The molecule has 0 bridgehead atoms. The van der Waals surface area contributed by atoms with Crippen LogP contribution in [0.4, 0.5) is 16.2 Å². The van der Waals surface area contributed by atoms with Crippen LogP contribution in [0.5, 0.6) is 5.75 Å². The minimum atomic E-state index is -0.628. The lowest BCUT2D eigenvalue weighted by Gasteiger charge is -2.58. The summed E-state index contributed by atoms with van der Waals surface area (Å²) in [6, 6.07) is 10.6. The highest BCUT2D eigenvalue weighted by Crippen LogP contribution is 2.67. The number of aromatic nitrogens is 1. The number of carbonyl (C=O) groups is 1. The number of allylic oxidation sites excluding steroid dienone is 1. The zero-order valence-corrected chi connectivity index (χ0v) is 28.1. The Bertz CT molecular complexity index is 1370. The Kier molecular flexibility index (Phi) is 9.49. The average molecular weight is 612 g/mol. The van der Waals surface area contributed by atoms with E-state index in [-0.39, 0.29) is 11.5 Å². The molecule has 3 saturated carbocycles. The van der Waals surface area contributed by atoms with Crippen molar-refractivity contribution >= 4 is 17.5 Å². The summed E-state index contributed by atoms with van der Waals surface area (Å²) in [5.74, 6) is 5.40. The predicted octanol–water partition coefficient (Wildman–Crippen LogP) is 11.4. The summed E-state index contributed by atoms with van der Waals surface area (Å²) >= 11 is 0. The van der Waals surface area contributed by atoms with Gasteiger partial charge in [0.05, 0.1) is 11.4 Å². The van der Waals surface area contributed by atoms with Crippen LogP contribution in [-0.2, 0) is 4.74 Å². The van der Waals surface area contributed by atoms with Gasteiger partial charge < -0.3 is 9.47 Å². The number of carbonyl (C=O) groups excluding carboxylic acids is 1. The quantitative estimate of drug-likeness (QED) is 0.122. The molecule has 0 amide bonds. The summed E-state index contributed by atoms with van der Waals surface area (Å²) in [5, 5.41) is 8.43. The Morgan fingerprint density at radius 3 is 2.38 bits per heavy atom. The van der Waals surface area contributed by atoms with Crippen LogP contribution in [0.2, 0.25) is 0 Å². The Morgan fingerprint density at radius 1 is 0.911 bits per heavy atom. The van der Waals surface area contributed by atoms with E-state index in [1.165, 1.54) is 56.9 Å². The van der Waals surface area contributed by atoms with E-state index in [0.29, 0.717) is 16.9 Å². The van der Waals surface area contributed by atoms with Crippen molar-refractivity contribution in [2.75, 3.05) is 0 Å². The maximum atomic E-state index is 12.8. The molecular weight excluding hydrogens is 558 g/mol. The third kappa shape index (κ3) is 6.76. The van der Waals surface area contributed by atoms with Gasteiger partial charge in [0.25, 0.3) is 0 Å². The van der Waals surface area contributed by atoms with Crippen LogP contribution < -0.4 is 4.74 Å². The number of rotatable bonds is 9. The van der Waals surface area contributed by atoms with Crippen molar-refractivity contribution in [1.29, 1.82) is 0 Å². The molecule has 0 aliphatic heterocycles. The zero-order chi connectivity index (χ0) is 31.6. The van der Waals surface area contributed by atoms with Crippen molar-refractivity contribution in [3.05, 3.63) is 60.4 Å². The van der Waals surface area contributed by atoms with Crippen molar-refractivity contribution in [2.45, 2.75) is 111 Å². The van der Waals surface area contributed by atoms with E-state index in [4.69, 9.17) is 9.47 Å². The van der Waals surface area contributed by atoms with Crippen LogP contribution in [0, 0.1) is 46.3 Å². The molecule has 1 aromatic heterocycles. The van der Waals surface area contributed by atoms with E-state index < -0.39 is 6.16 Å². The number of fused-ring (bicyclic) bond motifs is 5. The maximum absolute atomic E-state index is 12.8. The molecule has 0 radical (unpaired) electrons. The highest BCUT2D eigenvalue weighted by atomic mass is 16.7. The molecule has 0 saturated heterocycles. The van der Waals surface area contributed by atoms with E-state index >= 15 is 0 Å². The molecule has 45 heavy (non-hydrogen) atoms. The Labute approximate surface area is 270 Å². The van der Waals surface area contributed by atoms with Crippen LogP contribution in [-0.4, -0.2) is 17.2 Å². The van der Waals surface area contributed by atoms with Gasteiger partial charge in [-0.15, -0.1) is 0 Å². The molecule has 1 heterocycles. The second-order valence-corrected chi connectivity index (χ2v) is 15.5. The first-order valence-electron chi connectivity index (χ1n) is 17.7. The number of hydrogen-bond donors (Lipinski definition) is 0. The standard InChI is InChI=1S/C39H53N3O3/c1-26(2)7-6-8-27(3)34-15-16-35-33-14-9-28-25-32(17-21-38(28,4)36(33)18-22-39(34,35)5)45-37(43)44-31-12-10-29(11-13-31)41-42-30-19-23-40-24-20-30/h9-13,19-20,23-24,26-27,32-36H,6-8,14-18,21-22,25H2,1-5H3/t27-,32+,33+,34-,35+,36+,38+,39-/m1/s1. The number of nitrogens with zero attached hydrogens (tertiary/aromatic N) is 3. The lowest BCUT2D eigenvalue weighted by atomic mass is 9.47. The molecular formula is C39H53N3O3. The predicted molar refractivity (Wildman–Crippen MR) is 179 cm³/mol. The largest absolute Gasteiger partial charge is 0.514 e. The molecule has 4 aliphatic carbocycles. The highest BCUT2D eigenvalue weighted by Gasteiger charge is 2.59. The van der Waals surface area contributed by atoms with E-state index in [1.807, 2.05) is 0 Å². The fourth-order valence-electron chi connectivity index (χ4n) is 10.1. The number of ether oxygens (including phenoxy) is 2. The van der Waals surface area contributed by atoms with E-state index in [1.54, 1.807) is 48.8 Å². The molecule has 6 nitrogen and oxygen atoms in total. The van der Waals surface area contributed by atoms with Crippen molar-refractivity contribution < 1.29 is 14.3 Å². The van der Waals surface area contributed by atoms with Crippen molar-refractivity contribution in [3.8, 4) is 5.75 Å². The van der Waals surface area contributed by atoms with Gasteiger partial charge in [0.15, 0.2) is 0 Å². The molecule has 0 N–H and O–H groups in total. The molecule has 6 heteroatoms. The van der Waals surface area contributed by atoms with Gasteiger partial charge in [-0.1, -0.05) is 65.5 Å². The average Bonchev–Trinajstić information content (AvgIpc) is 3.38. The Balaban J connectivity index is 1.03. The number of hydrogen-bond acceptors (Lipinski definition) is 6. The normalized spacial score (nSPS) is 33.2. The third-order valence-electron chi connectivity index (χ3n) is 12.5. The van der Waals surface area contributed by atoms with Gasteiger partial charge in [0, 0.05) is 18.8 Å². The van der Waals surface area contributed by atoms with Crippen LogP contribution in [0.25, 0.3) is 0 Å². The van der Waals surface area contributed by atoms with Gasteiger partial charge in [-0.3, -0.25) is 4.98 Å². The summed E-state index contributed by atoms with van der Waals surface area (Å²) in [5.41, 5.74) is 3.67. The molecule has 6 rings (SSSR count). The smallest absolute Gasteiger partial charge is 0.430 e. The number of benzene rings is 1. The van der Waals surface area contributed by atoms with Crippen molar-refractivity contribution in [1.82, 2.24) is 4.98 Å². The third-order valence-corrected chi connectivity index (χ3v) is 12.5. The van der Waals surface area contributed by atoms with E-state index in [2.05, 4.69) is 55.9 Å². The minimum absolute atomic E-state index is 0.127. The summed E-state index contributed by atoms with van der Waals surface area (Å²) in [6.45, 7) is 12.5. The zero-order valence-electron chi connectivity index (χ0n) is 28.1. The molecule has 242 valence electrons. The maximum Gasteiger partial charge on any atom is 0.514 e. The minimum Gasteiger partial charge on any atom is -0.430 e. The molecule has 3 fully saturated rings. The summed E-state index contributed by atoms with van der Waals surface area (Å²) in [6.07, 6.45) is 18.9. The number of azo groups is 1. The summed E-state index contributed by atoms with van der Waals surface area (Å²) in [7, 11) is 0. The van der Waals surface area contributed by atoms with Crippen LogP contribution in [0.1, 0.15) is 105 Å². The van der Waals surface area contributed by atoms with Gasteiger partial charge >= 0.3 is 6.16 Å². The molecule has 1 aromatic carbocycles. The lowest BCUT2D eigenvalue weighted by molar-refractivity contribution is -0.0597. The Hall–Kier alpha value is -3.02. The number of pyridine rings is 1. The fourth-order valence-corrected chi connectivity index (χ4v) is 10.1. The molecule has 0 spiro atoms. The van der Waals surface area contributed by atoms with E-state index in [0.717, 1.165) is 60.5 Å². The molecule has 8 atom stereocenters. The molecule has 4 aliphatic rings. The fraction of sp³-hybridized carbons (Fsp3) is 0.641. The van der Waals surface area contributed by atoms with Gasteiger partial charge in [-0.2, -0.15) is 10.2 Å². The molecule has 2 aromatic rings. The van der Waals surface area contributed by atoms with Gasteiger partial charge in [-0.25, -0.2) is 4.79 Å². The monoisotopic (exact) mass is 611 g/mol.